The van der Waals surface area contributed by atoms with E-state index in [4.69, 9.17) is 0 Å². The number of hydrogen-bond donors (Lipinski definition) is 1. The third kappa shape index (κ3) is 1.55. The summed E-state index contributed by atoms with van der Waals surface area (Å²) >= 11 is 2.09. The minimum atomic E-state index is -0.466. The van der Waals surface area contributed by atoms with E-state index in [2.05, 4.69) is 11.8 Å². The standard InChI is InChI=1S/C10H16OS/c1-2-5-10(11)6-8-3-4-9(7-10)12-8/h2,5,8-9,11H,3-4,6-7H2,1H3/b5-2+/t8-,9+,10+. The SMILES string of the molecule is C/C=C/[C@]1(O)C[C@H]2CC[C@@H](C1)S2. The van der Waals surface area contributed by atoms with Crippen LogP contribution in [0.3, 0.4) is 0 Å². The lowest BCUT2D eigenvalue weighted by Gasteiger charge is -2.33. The summed E-state index contributed by atoms with van der Waals surface area (Å²) in [5.41, 5.74) is -0.466. The van der Waals surface area contributed by atoms with Crippen molar-refractivity contribution in [3.8, 4) is 0 Å². The van der Waals surface area contributed by atoms with Gasteiger partial charge in [-0.1, -0.05) is 12.2 Å². The van der Waals surface area contributed by atoms with E-state index in [0.29, 0.717) is 0 Å². The third-order valence-electron chi connectivity index (χ3n) is 2.83. The lowest BCUT2D eigenvalue weighted by atomic mass is 9.93. The van der Waals surface area contributed by atoms with Crippen LogP contribution in [0.5, 0.6) is 0 Å². The zero-order chi connectivity index (χ0) is 8.60. The molecule has 2 bridgehead atoms. The first-order chi connectivity index (χ1) is 5.72. The molecule has 2 fully saturated rings. The first kappa shape index (κ1) is 8.64. The average molecular weight is 184 g/mol. The van der Waals surface area contributed by atoms with Gasteiger partial charge in [0.1, 0.15) is 0 Å². The fourth-order valence-corrected chi connectivity index (χ4v) is 4.26. The van der Waals surface area contributed by atoms with Crippen LogP contribution in [0, 0.1) is 0 Å². The van der Waals surface area contributed by atoms with E-state index in [1.165, 1.54) is 12.8 Å². The summed E-state index contributed by atoms with van der Waals surface area (Å²) in [4.78, 5) is 0. The predicted octanol–water partition coefficient (Wildman–Crippen LogP) is 2.35. The van der Waals surface area contributed by atoms with Crippen LogP contribution in [0.4, 0.5) is 0 Å². The van der Waals surface area contributed by atoms with Crippen molar-refractivity contribution in [2.24, 2.45) is 0 Å². The summed E-state index contributed by atoms with van der Waals surface area (Å²) in [6.45, 7) is 1.99. The zero-order valence-electron chi connectivity index (χ0n) is 7.49. The molecule has 0 radical (unpaired) electrons. The number of thioether (sulfide) groups is 1. The van der Waals surface area contributed by atoms with Crippen LogP contribution in [0.15, 0.2) is 12.2 Å². The van der Waals surface area contributed by atoms with Crippen LogP contribution in [-0.2, 0) is 0 Å². The van der Waals surface area contributed by atoms with Crippen LogP contribution in [0.1, 0.15) is 32.6 Å². The number of aliphatic hydroxyl groups is 1. The van der Waals surface area contributed by atoms with Crippen LogP contribution in [0.25, 0.3) is 0 Å². The highest BCUT2D eigenvalue weighted by atomic mass is 32.2. The molecule has 0 aromatic carbocycles. The number of allylic oxidation sites excluding steroid dienone is 1. The van der Waals surface area contributed by atoms with E-state index in [9.17, 15) is 5.11 Å². The molecule has 3 atom stereocenters. The summed E-state index contributed by atoms with van der Waals surface area (Å²) in [7, 11) is 0. The van der Waals surface area contributed by atoms with Crippen LogP contribution in [-0.4, -0.2) is 21.2 Å². The van der Waals surface area contributed by atoms with E-state index in [0.717, 1.165) is 23.3 Å². The molecule has 2 saturated heterocycles. The maximum Gasteiger partial charge on any atom is 0.0848 e. The Balaban J connectivity index is 2.10. The second-order valence-corrected chi connectivity index (χ2v) is 5.57. The Morgan fingerprint density at radius 2 is 1.92 bits per heavy atom. The largest absolute Gasteiger partial charge is 0.386 e. The van der Waals surface area contributed by atoms with Gasteiger partial charge in [0, 0.05) is 10.5 Å². The summed E-state index contributed by atoms with van der Waals surface area (Å²) < 4.78 is 0. The molecule has 1 N–H and O–H groups in total. The Morgan fingerprint density at radius 3 is 2.42 bits per heavy atom. The second kappa shape index (κ2) is 3.08. The minimum absolute atomic E-state index is 0.466. The molecule has 68 valence electrons. The maximum absolute atomic E-state index is 10.2. The van der Waals surface area contributed by atoms with Crippen molar-refractivity contribution in [1.82, 2.24) is 0 Å². The number of fused-ring (bicyclic) bond motifs is 2. The quantitative estimate of drug-likeness (QED) is 0.631. The number of hydrogen-bond acceptors (Lipinski definition) is 2. The van der Waals surface area contributed by atoms with Crippen LogP contribution < -0.4 is 0 Å². The van der Waals surface area contributed by atoms with Crippen molar-refractivity contribution >= 4 is 11.8 Å². The molecule has 0 aromatic heterocycles. The molecule has 1 nitrogen and oxygen atoms in total. The predicted molar refractivity (Wildman–Crippen MR) is 53.4 cm³/mol. The summed E-state index contributed by atoms with van der Waals surface area (Å²) in [6, 6.07) is 0. The fourth-order valence-electron chi connectivity index (χ4n) is 2.40. The third-order valence-corrected chi connectivity index (χ3v) is 4.41. The summed E-state index contributed by atoms with van der Waals surface area (Å²) in [5.74, 6) is 0. The highest BCUT2D eigenvalue weighted by Gasteiger charge is 2.41. The highest BCUT2D eigenvalue weighted by molar-refractivity contribution is 8.00. The Kier molecular flexibility index (Phi) is 2.21. The lowest BCUT2D eigenvalue weighted by molar-refractivity contribution is 0.0734. The van der Waals surface area contributed by atoms with Crippen molar-refractivity contribution in [2.45, 2.75) is 48.7 Å². The molecule has 0 aliphatic carbocycles. The smallest absolute Gasteiger partial charge is 0.0848 e. The van der Waals surface area contributed by atoms with E-state index in [-0.39, 0.29) is 0 Å². The molecule has 0 amide bonds. The van der Waals surface area contributed by atoms with Gasteiger partial charge in [-0.15, -0.1) is 0 Å². The molecule has 2 heterocycles. The molecular formula is C10H16OS. The summed E-state index contributed by atoms with van der Waals surface area (Å²) in [5, 5.41) is 11.6. The molecule has 12 heavy (non-hydrogen) atoms. The topological polar surface area (TPSA) is 20.2 Å². The van der Waals surface area contributed by atoms with Crippen molar-refractivity contribution in [3.05, 3.63) is 12.2 Å². The molecule has 0 unspecified atom stereocenters. The first-order valence-corrected chi connectivity index (χ1v) is 5.68. The zero-order valence-corrected chi connectivity index (χ0v) is 8.31. The summed E-state index contributed by atoms with van der Waals surface area (Å²) in [6.07, 6.45) is 8.54. The Bertz CT molecular complexity index is 188. The van der Waals surface area contributed by atoms with Gasteiger partial charge >= 0.3 is 0 Å². The fraction of sp³-hybridized carbons (Fsp3) is 0.800. The molecule has 2 rings (SSSR count). The molecule has 0 saturated carbocycles. The second-order valence-electron chi connectivity index (χ2n) is 3.97. The van der Waals surface area contributed by atoms with E-state index in [1.807, 2.05) is 19.1 Å². The molecule has 0 aromatic rings. The lowest BCUT2D eigenvalue weighted by Crippen LogP contribution is -2.35. The maximum atomic E-state index is 10.2. The van der Waals surface area contributed by atoms with Gasteiger partial charge in [-0.3, -0.25) is 0 Å². The minimum Gasteiger partial charge on any atom is -0.386 e. The van der Waals surface area contributed by atoms with Gasteiger partial charge in [-0.05, 0) is 32.6 Å². The molecule has 2 aliphatic rings. The van der Waals surface area contributed by atoms with Gasteiger partial charge in [0.2, 0.25) is 0 Å². The van der Waals surface area contributed by atoms with Gasteiger partial charge in [0.15, 0.2) is 0 Å². The Morgan fingerprint density at radius 1 is 1.33 bits per heavy atom. The molecule has 2 heteroatoms. The normalized spacial score (nSPS) is 47.2. The van der Waals surface area contributed by atoms with E-state index >= 15 is 0 Å². The van der Waals surface area contributed by atoms with Gasteiger partial charge in [-0.2, -0.15) is 11.8 Å². The Hall–Kier alpha value is 0.0500. The number of rotatable bonds is 1. The highest BCUT2D eigenvalue weighted by Crippen LogP contribution is 2.47. The van der Waals surface area contributed by atoms with Gasteiger partial charge in [0.05, 0.1) is 5.60 Å². The van der Waals surface area contributed by atoms with Crippen molar-refractivity contribution < 1.29 is 5.11 Å². The van der Waals surface area contributed by atoms with Crippen molar-refractivity contribution in [2.75, 3.05) is 0 Å². The molecule has 2 aliphatic heterocycles. The molecular weight excluding hydrogens is 168 g/mol. The first-order valence-electron chi connectivity index (χ1n) is 4.73. The van der Waals surface area contributed by atoms with Gasteiger partial charge < -0.3 is 5.11 Å². The van der Waals surface area contributed by atoms with Gasteiger partial charge in [0.25, 0.3) is 0 Å². The van der Waals surface area contributed by atoms with Gasteiger partial charge in [-0.25, -0.2) is 0 Å². The monoisotopic (exact) mass is 184 g/mol. The average Bonchev–Trinajstić information content (AvgIpc) is 2.31. The van der Waals surface area contributed by atoms with Crippen LogP contribution in [0.2, 0.25) is 0 Å². The van der Waals surface area contributed by atoms with E-state index in [1.54, 1.807) is 0 Å². The van der Waals surface area contributed by atoms with Crippen molar-refractivity contribution in [3.63, 3.8) is 0 Å². The Labute approximate surface area is 78.2 Å². The molecule has 0 spiro atoms. The van der Waals surface area contributed by atoms with E-state index < -0.39 is 5.60 Å². The van der Waals surface area contributed by atoms with Crippen LogP contribution >= 0.6 is 11.8 Å². The van der Waals surface area contributed by atoms with Crippen molar-refractivity contribution in [1.29, 1.82) is 0 Å².